The molecule has 0 aliphatic heterocycles. The molecule has 1 aliphatic carbocycles. The second-order valence-electron chi connectivity index (χ2n) is 4.67. The number of rotatable bonds is 4. The largest absolute Gasteiger partial charge is 0.382 e. The molecule has 3 N–H and O–H groups in total. The highest BCUT2D eigenvalue weighted by Gasteiger charge is 2.19. The number of H-pyrrole nitrogens is 1. The third-order valence-electron chi connectivity index (χ3n) is 3.45. The highest BCUT2D eigenvalue weighted by atomic mass is 15.2. The maximum Gasteiger partial charge on any atom is 0.148 e. The van der Waals surface area contributed by atoms with Crippen molar-refractivity contribution in [3.8, 4) is 0 Å². The first-order chi connectivity index (χ1) is 7.31. The zero-order valence-corrected chi connectivity index (χ0v) is 9.55. The van der Waals surface area contributed by atoms with Gasteiger partial charge >= 0.3 is 0 Å². The molecule has 3 heteroatoms. The van der Waals surface area contributed by atoms with E-state index in [0.29, 0.717) is 5.82 Å². The molecule has 0 saturated heterocycles. The fourth-order valence-electron chi connectivity index (χ4n) is 2.62. The SMILES string of the molecule is CCCc1c(N)n[nH]c1CC1CCCC1. The molecule has 0 spiro atoms. The van der Waals surface area contributed by atoms with Gasteiger partial charge in [-0.15, -0.1) is 0 Å². The third kappa shape index (κ3) is 2.33. The first kappa shape index (κ1) is 10.5. The van der Waals surface area contributed by atoms with E-state index in [9.17, 15) is 0 Å². The molecule has 0 radical (unpaired) electrons. The summed E-state index contributed by atoms with van der Waals surface area (Å²) in [6.07, 6.45) is 8.91. The normalized spacial score (nSPS) is 17.4. The van der Waals surface area contributed by atoms with Gasteiger partial charge in [0.1, 0.15) is 5.82 Å². The van der Waals surface area contributed by atoms with Gasteiger partial charge in [-0.2, -0.15) is 5.10 Å². The molecule has 1 aromatic heterocycles. The number of nitrogen functional groups attached to an aromatic ring is 1. The molecule has 2 rings (SSSR count). The molecule has 1 saturated carbocycles. The number of nitrogens with zero attached hydrogens (tertiary/aromatic N) is 1. The van der Waals surface area contributed by atoms with Crippen LogP contribution >= 0.6 is 0 Å². The van der Waals surface area contributed by atoms with Gasteiger partial charge in [0.25, 0.3) is 0 Å². The lowest BCUT2D eigenvalue weighted by molar-refractivity contribution is 0.536. The van der Waals surface area contributed by atoms with E-state index in [4.69, 9.17) is 5.73 Å². The van der Waals surface area contributed by atoms with Gasteiger partial charge < -0.3 is 5.73 Å². The van der Waals surface area contributed by atoms with Gasteiger partial charge in [0.05, 0.1) is 0 Å². The van der Waals surface area contributed by atoms with Crippen LogP contribution in [0.5, 0.6) is 0 Å². The minimum absolute atomic E-state index is 0.713. The van der Waals surface area contributed by atoms with Crippen molar-refractivity contribution >= 4 is 5.82 Å². The predicted molar refractivity (Wildman–Crippen MR) is 62.7 cm³/mol. The van der Waals surface area contributed by atoms with Gasteiger partial charge in [0, 0.05) is 11.3 Å². The predicted octanol–water partition coefficient (Wildman–Crippen LogP) is 2.68. The molecule has 0 bridgehead atoms. The van der Waals surface area contributed by atoms with Crippen LogP contribution in [0.15, 0.2) is 0 Å². The molecule has 0 aromatic carbocycles. The molecule has 3 nitrogen and oxygen atoms in total. The van der Waals surface area contributed by atoms with E-state index >= 15 is 0 Å². The van der Waals surface area contributed by atoms with Crippen molar-refractivity contribution in [3.63, 3.8) is 0 Å². The molecule has 1 heterocycles. The maximum atomic E-state index is 5.86. The monoisotopic (exact) mass is 207 g/mol. The van der Waals surface area contributed by atoms with E-state index in [0.717, 1.165) is 25.2 Å². The smallest absolute Gasteiger partial charge is 0.148 e. The molecule has 0 atom stereocenters. The summed E-state index contributed by atoms with van der Waals surface area (Å²) in [6.45, 7) is 2.19. The minimum Gasteiger partial charge on any atom is -0.382 e. The standard InChI is InChI=1S/C12H21N3/c1-2-5-10-11(14-15-12(10)13)8-9-6-3-4-7-9/h9H,2-8H2,1H3,(H3,13,14,15). The summed E-state index contributed by atoms with van der Waals surface area (Å²) in [5.74, 6) is 1.57. The molecular formula is C12H21N3. The van der Waals surface area contributed by atoms with Gasteiger partial charge in [0.15, 0.2) is 0 Å². The quantitative estimate of drug-likeness (QED) is 0.797. The maximum absolute atomic E-state index is 5.86. The molecule has 84 valence electrons. The van der Waals surface area contributed by atoms with Gasteiger partial charge in [0.2, 0.25) is 0 Å². The summed E-state index contributed by atoms with van der Waals surface area (Å²) in [7, 11) is 0. The van der Waals surface area contributed by atoms with E-state index in [1.165, 1.54) is 36.9 Å². The first-order valence-electron chi connectivity index (χ1n) is 6.12. The Labute approximate surface area is 91.4 Å². The Kier molecular flexibility index (Phi) is 3.29. The van der Waals surface area contributed by atoms with Crippen LogP contribution in [0.4, 0.5) is 5.82 Å². The summed E-state index contributed by atoms with van der Waals surface area (Å²) in [6, 6.07) is 0. The Morgan fingerprint density at radius 1 is 1.40 bits per heavy atom. The van der Waals surface area contributed by atoms with E-state index in [-0.39, 0.29) is 0 Å². The summed E-state index contributed by atoms with van der Waals surface area (Å²) < 4.78 is 0. The molecule has 1 aromatic rings. The Morgan fingerprint density at radius 3 is 2.80 bits per heavy atom. The highest BCUT2D eigenvalue weighted by Crippen LogP contribution is 2.29. The van der Waals surface area contributed by atoms with Crippen molar-refractivity contribution in [2.45, 2.75) is 51.9 Å². The van der Waals surface area contributed by atoms with Gasteiger partial charge in [-0.25, -0.2) is 0 Å². The molecule has 15 heavy (non-hydrogen) atoms. The van der Waals surface area contributed by atoms with Crippen LogP contribution in [0.25, 0.3) is 0 Å². The Bertz CT molecular complexity index is 311. The van der Waals surface area contributed by atoms with Crippen molar-refractivity contribution in [1.82, 2.24) is 10.2 Å². The number of hydrogen-bond donors (Lipinski definition) is 2. The lowest BCUT2D eigenvalue weighted by Gasteiger charge is -2.08. The summed E-state index contributed by atoms with van der Waals surface area (Å²) in [4.78, 5) is 0. The first-order valence-corrected chi connectivity index (χ1v) is 6.12. The zero-order valence-electron chi connectivity index (χ0n) is 9.55. The summed E-state index contributed by atoms with van der Waals surface area (Å²) in [5, 5.41) is 7.24. The van der Waals surface area contributed by atoms with Crippen molar-refractivity contribution in [2.24, 2.45) is 5.92 Å². The molecule has 1 fully saturated rings. The van der Waals surface area contributed by atoms with Gasteiger partial charge in [-0.05, 0) is 18.8 Å². The number of hydrogen-bond acceptors (Lipinski definition) is 2. The van der Waals surface area contributed by atoms with E-state index < -0.39 is 0 Å². The van der Waals surface area contributed by atoms with Crippen LogP contribution in [0.3, 0.4) is 0 Å². The number of anilines is 1. The second-order valence-corrected chi connectivity index (χ2v) is 4.67. The third-order valence-corrected chi connectivity index (χ3v) is 3.45. The Hall–Kier alpha value is -0.990. The van der Waals surface area contributed by atoms with E-state index in [1.54, 1.807) is 0 Å². The van der Waals surface area contributed by atoms with E-state index in [1.807, 2.05) is 0 Å². The van der Waals surface area contributed by atoms with Crippen LogP contribution in [-0.4, -0.2) is 10.2 Å². The van der Waals surface area contributed by atoms with Gasteiger partial charge in [-0.3, -0.25) is 5.10 Å². The van der Waals surface area contributed by atoms with Crippen LogP contribution in [0.1, 0.15) is 50.3 Å². The van der Waals surface area contributed by atoms with Crippen LogP contribution in [-0.2, 0) is 12.8 Å². The fourth-order valence-corrected chi connectivity index (χ4v) is 2.62. The van der Waals surface area contributed by atoms with Crippen LogP contribution in [0.2, 0.25) is 0 Å². The van der Waals surface area contributed by atoms with Crippen LogP contribution in [0, 0.1) is 5.92 Å². The minimum atomic E-state index is 0.713. The molecule has 0 amide bonds. The number of aromatic amines is 1. The molecule has 1 aliphatic rings. The summed E-state index contributed by atoms with van der Waals surface area (Å²) >= 11 is 0. The second kappa shape index (κ2) is 4.69. The topological polar surface area (TPSA) is 54.7 Å². The summed E-state index contributed by atoms with van der Waals surface area (Å²) in [5.41, 5.74) is 8.42. The zero-order chi connectivity index (χ0) is 10.7. The molecular weight excluding hydrogens is 186 g/mol. The number of aromatic nitrogens is 2. The Balaban J connectivity index is 2.05. The average molecular weight is 207 g/mol. The van der Waals surface area contributed by atoms with Crippen molar-refractivity contribution in [1.29, 1.82) is 0 Å². The van der Waals surface area contributed by atoms with E-state index in [2.05, 4.69) is 17.1 Å². The van der Waals surface area contributed by atoms with Crippen LogP contribution < -0.4 is 5.73 Å². The highest BCUT2D eigenvalue weighted by molar-refractivity contribution is 5.42. The van der Waals surface area contributed by atoms with Gasteiger partial charge in [-0.1, -0.05) is 39.0 Å². The number of nitrogens with two attached hydrogens (primary N) is 1. The molecule has 0 unspecified atom stereocenters. The lowest BCUT2D eigenvalue weighted by atomic mass is 9.98. The number of nitrogens with one attached hydrogen (secondary N) is 1. The Morgan fingerprint density at radius 2 is 2.13 bits per heavy atom. The average Bonchev–Trinajstić information content (AvgIpc) is 2.83. The fraction of sp³-hybridized carbons (Fsp3) is 0.750. The van der Waals surface area contributed by atoms with Crippen molar-refractivity contribution in [3.05, 3.63) is 11.3 Å². The lowest BCUT2D eigenvalue weighted by Crippen LogP contribution is -2.02. The van der Waals surface area contributed by atoms with Crippen molar-refractivity contribution in [2.75, 3.05) is 5.73 Å². The van der Waals surface area contributed by atoms with Crippen molar-refractivity contribution < 1.29 is 0 Å².